The molecule has 2 aliphatic heterocycles. The van der Waals surface area contributed by atoms with Crippen LogP contribution in [0, 0.1) is 5.92 Å². The van der Waals surface area contributed by atoms with E-state index in [9.17, 15) is 0 Å². The van der Waals surface area contributed by atoms with Gasteiger partial charge in [0.1, 0.15) is 0 Å². The fourth-order valence-corrected chi connectivity index (χ4v) is 2.74. The molecule has 3 rings (SSSR count). The van der Waals surface area contributed by atoms with E-state index in [2.05, 4.69) is 20.8 Å². The highest BCUT2D eigenvalue weighted by molar-refractivity contribution is 4.97. The van der Waals surface area contributed by atoms with Gasteiger partial charge in [-0.3, -0.25) is 0 Å². The van der Waals surface area contributed by atoms with E-state index in [0.29, 0.717) is 6.61 Å². The van der Waals surface area contributed by atoms with E-state index < -0.39 is 0 Å². The minimum atomic E-state index is 0.158. The third-order valence-corrected chi connectivity index (χ3v) is 3.76. The van der Waals surface area contributed by atoms with Gasteiger partial charge >= 0.3 is 0 Å². The van der Waals surface area contributed by atoms with Crippen LogP contribution >= 0.6 is 0 Å². The minimum Gasteiger partial charge on any atom is -0.396 e. The van der Waals surface area contributed by atoms with Gasteiger partial charge in [0.05, 0.1) is 11.2 Å². The van der Waals surface area contributed by atoms with Gasteiger partial charge in [-0.25, -0.2) is 0 Å². The van der Waals surface area contributed by atoms with Crippen molar-refractivity contribution in [1.82, 2.24) is 0 Å². The lowest BCUT2D eigenvalue weighted by Crippen LogP contribution is -2.53. The molecule has 0 amide bonds. The summed E-state index contributed by atoms with van der Waals surface area (Å²) in [6, 6.07) is 0. The lowest BCUT2D eigenvalue weighted by Gasteiger charge is -2.54. The molecule has 0 spiro atoms. The fraction of sp³-hybridized carbons (Fsp3) is 1.00. The summed E-state index contributed by atoms with van der Waals surface area (Å²) in [5.74, 6) is 0.823. The molecule has 0 aromatic heterocycles. The molecule has 1 aliphatic carbocycles. The van der Waals surface area contributed by atoms with Crippen LogP contribution in [0.15, 0.2) is 0 Å². The standard InChI is InChI=1S/C10H18O.C3H8O/c1-9(2)8-4-6-10(3,11-9)7-5-8;1-2-3-4/h8H,4-7H2,1-3H3;4H,2-3H2,1H3. The number of hydrogen-bond acceptors (Lipinski definition) is 2. The molecule has 2 heterocycles. The van der Waals surface area contributed by atoms with E-state index in [0.717, 1.165) is 12.3 Å². The maximum absolute atomic E-state index is 7.88. The molecule has 0 aromatic rings. The number of aliphatic hydroxyl groups is 1. The molecule has 2 nitrogen and oxygen atoms in total. The quantitative estimate of drug-likeness (QED) is 0.726. The summed E-state index contributed by atoms with van der Waals surface area (Å²) < 4.78 is 6.06. The van der Waals surface area contributed by atoms with Gasteiger partial charge in [0.25, 0.3) is 0 Å². The first kappa shape index (κ1) is 13.0. The van der Waals surface area contributed by atoms with Gasteiger partial charge < -0.3 is 9.84 Å². The Hall–Kier alpha value is -0.0800. The van der Waals surface area contributed by atoms with Crippen LogP contribution in [0.2, 0.25) is 0 Å². The van der Waals surface area contributed by atoms with Crippen LogP contribution < -0.4 is 0 Å². The Labute approximate surface area is 94.0 Å². The van der Waals surface area contributed by atoms with Crippen molar-refractivity contribution >= 4 is 0 Å². The topological polar surface area (TPSA) is 29.5 Å². The Morgan fingerprint density at radius 3 is 1.87 bits per heavy atom. The molecule has 2 saturated heterocycles. The highest BCUT2D eigenvalue weighted by atomic mass is 16.5. The van der Waals surface area contributed by atoms with Gasteiger partial charge in [-0.05, 0) is 58.8 Å². The molecule has 1 N–H and O–H groups in total. The van der Waals surface area contributed by atoms with Crippen LogP contribution in [0.25, 0.3) is 0 Å². The van der Waals surface area contributed by atoms with E-state index in [1.54, 1.807) is 0 Å². The highest BCUT2D eigenvalue weighted by Crippen LogP contribution is 2.49. The molecular formula is C13H26O2. The fourth-order valence-electron chi connectivity index (χ4n) is 2.74. The highest BCUT2D eigenvalue weighted by Gasteiger charge is 2.47. The van der Waals surface area contributed by atoms with Crippen LogP contribution in [0.4, 0.5) is 0 Å². The second-order valence-corrected chi connectivity index (χ2v) is 5.65. The first-order valence-electron chi connectivity index (χ1n) is 6.24. The minimum absolute atomic E-state index is 0.158. The molecule has 0 radical (unpaired) electrons. The van der Waals surface area contributed by atoms with Crippen molar-refractivity contribution in [1.29, 1.82) is 0 Å². The largest absolute Gasteiger partial charge is 0.396 e. The van der Waals surface area contributed by atoms with E-state index in [1.807, 2.05) is 6.92 Å². The second-order valence-electron chi connectivity index (χ2n) is 5.65. The van der Waals surface area contributed by atoms with Crippen LogP contribution in [0.1, 0.15) is 59.8 Å². The molecule has 15 heavy (non-hydrogen) atoms. The van der Waals surface area contributed by atoms with Crippen molar-refractivity contribution in [3.63, 3.8) is 0 Å². The van der Waals surface area contributed by atoms with E-state index in [-0.39, 0.29) is 11.2 Å². The average molecular weight is 214 g/mol. The monoisotopic (exact) mass is 214 g/mol. The predicted molar refractivity (Wildman–Crippen MR) is 62.9 cm³/mol. The normalized spacial score (nSPS) is 37.0. The van der Waals surface area contributed by atoms with Crippen molar-refractivity contribution in [2.75, 3.05) is 6.61 Å². The molecule has 1 saturated carbocycles. The summed E-state index contributed by atoms with van der Waals surface area (Å²) in [7, 11) is 0. The molecule has 2 heteroatoms. The van der Waals surface area contributed by atoms with Crippen molar-refractivity contribution in [3.05, 3.63) is 0 Å². The van der Waals surface area contributed by atoms with E-state index in [1.165, 1.54) is 25.7 Å². The maximum atomic E-state index is 7.88. The number of aliphatic hydroxyl groups excluding tert-OH is 1. The zero-order chi connectivity index (χ0) is 11.5. The van der Waals surface area contributed by atoms with Crippen molar-refractivity contribution in [2.45, 2.75) is 71.0 Å². The summed E-state index contributed by atoms with van der Waals surface area (Å²) in [6.07, 6.45) is 6.19. The van der Waals surface area contributed by atoms with Gasteiger partial charge in [0.15, 0.2) is 0 Å². The summed E-state index contributed by atoms with van der Waals surface area (Å²) >= 11 is 0. The average Bonchev–Trinajstić information content (AvgIpc) is 2.16. The number of hydrogen-bond donors (Lipinski definition) is 1. The van der Waals surface area contributed by atoms with Gasteiger partial charge in [-0.2, -0.15) is 0 Å². The van der Waals surface area contributed by atoms with E-state index >= 15 is 0 Å². The third kappa shape index (κ3) is 3.18. The van der Waals surface area contributed by atoms with E-state index in [4.69, 9.17) is 9.84 Å². The molecule has 0 atom stereocenters. The smallest absolute Gasteiger partial charge is 0.0662 e. The first-order chi connectivity index (χ1) is 6.93. The number of rotatable bonds is 1. The summed E-state index contributed by atoms with van der Waals surface area (Å²) in [5, 5.41) is 7.88. The summed E-state index contributed by atoms with van der Waals surface area (Å²) in [4.78, 5) is 0. The van der Waals surface area contributed by atoms with Crippen LogP contribution in [-0.2, 0) is 4.74 Å². The molecule has 0 aromatic carbocycles. The Morgan fingerprint density at radius 1 is 1.20 bits per heavy atom. The summed E-state index contributed by atoms with van der Waals surface area (Å²) in [6.45, 7) is 9.01. The maximum Gasteiger partial charge on any atom is 0.0662 e. The Balaban J connectivity index is 0.000000245. The van der Waals surface area contributed by atoms with Gasteiger partial charge in [0.2, 0.25) is 0 Å². The molecular weight excluding hydrogens is 188 g/mol. The Bertz CT molecular complexity index is 186. The van der Waals surface area contributed by atoms with Crippen molar-refractivity contribution < 1.29 is 9.84 Å². The molecule has 3 aliphatic rings. The first-order valence-corrected chi connectivity index (χ1v) is 6.24. The lowest BCUT2D eigenvalue weighted by molar-refractivity contribution is -0.229. The predicted octanol–water partition coefficient (Wildman–Crippen LogP) is 3.13. The van der Waals surface area contributed by atoms with Crippen LogP contribution in [-0.4, -0.2) is 22.9 Å². The van der Waals surface area contributed by atoms with Gasteiger partial charge in [-0.1, -0.05) is 6.92 Å². The Kier molecular flexibility index (Phi) is 4.19. The van der Waals surface area contributed by atoms with Gasteiger partial charge in [-0.15, -0.1) is 0 Å². The zero-order valence-electron chi connectivity index (χ0n) is 10.7. The van der Waals surface area contributed by atoms with Crippen molar-refractivity contribution in [3.8, 4) is 0 Å². The number of fused-ring (bicyclic) bond motifs is 3. The molecule has 0 unspecified atom stereocenters. The van der Waals surface area contributed by atoms with Crippen LogP contribution in [0.5, 0.6) is 0 Å². The number of ether oxygens (including phenoxy) is 1. The van der Waals surface area contributed by atoms with Gasteiger partial charge in [0, 0.05) is 6.61 Å². The Morgan fingerprint density at radius 2 is 1.67 bits per heavy atom. The van der Waals surface area contributed by atoms with Crippen LogP contribution in [0.3, 0.4) is 0 Å². The molecule has 2 bridgehead atoms. The zero-order valence-corrected chi connectivity index (χ0v) is 10.7. The molecule has 3 fully saturated rings. The second kappa shape index (κ2) is 4.84. The molecule has 90 valence electrons. The van der Waals surface area contributed by atoms with Crippen molar-refractivity contribution in [2.24, 2.45) is 5.92 Å². The summed E-state index contributed by atoms with van der Waals surface area (Å²) in [5.41, 5.74) is 0.378. The SMILES string of the molecule is CC12CCC(CC1)C(C)(C)O2.CCCO. The lowest BCUT2D eigenvalue weighted by atomic mass is 9.69. The third-order valence-electron chi connectivity index (χ3n) is 3.76.